The highest BCUT2D eigenvalue weighted by atomic mass is 35.5. The van der Waals surface area contributed by atoms with Crippen molar-refractivity contribution >= 4 is 35.1 Å². The first-order valence-corrected chi connectivity index (χ1v) is 12.0. The van der Waals surface area contributed by atoms with E-state index in [-0.39, 0.29) is 23.4 Å². The predicted molar refractivity (Wildman–Crippen MR) is 131 cm³/mol. The number of nitrogens with zero attached hydrogens (tertiary/aromatic N) is 2. The average molecular weight is 484 g/mol. The fraction of sp³-hybridized carbons (Fsp3) is 0.423. The minimum Gasteiger partial charge on any atom is -0.478 e. The number of rotatable bonds is 6. The van der Waals surface area contributed by atoms with Crippen LogP contribution in [0, 0.1) is 13.8 Å². The van der Waals surface area contributed by atoms with Crippen LogP contribution in [-0.2, 0) is 16.1 Å². The number of carbonyl (C=O) groups excluding carboxylic acids is 2. The summed E-state index contributed by atoms with van der Waals surface area (Å²) in [4.78, 5) is 41.3. The summed E-state index contributed by atoms with van der Waals surface area (Å²) in [7, 11) is 0. The van der Waals surface area contributed by atoms with E-state index in [9.17, 15) is 19.5 Å². The van der Waals surface area contributed by atoms with Crippen LogP contribution in [0.4, 0.5) is 5.69 Å². The van der Waals surface area contributed by atoms with E-state index >= 15 is 0 Å². The first-order valence-electron chi connectivity index (χ1n) is 11.7. The highest BCUT2D eigenvalue weighted by Crippen LogP contribution is 2.29. The van der Waals surface area contributed by atoms with Gasteiger partial charge in [0.05, 0.1) is 5.56 Å². The van der Waals surface area contributed by atoms with Crippen molar-refractivity contribution in [3.05, 3.63) is 63.7 Å². The molecule has 2 saturated heterocycles. The number of anilines is 1. The molecule has 2 aliphatic rings. The number of carboxylic acids is 1. The predicted octanol–water partition coefficient (Wildman–Crippen LogP) is 4.25. The van der Waals surface area contributed by atoms with Crippen molar-refractivity contribution in [2.24, 2.45) is 0 Å². The second-order valence-corrected chi connectivity index (χ2v) is 9.74. The topological polar surface area (TPSA) is 90.0 Å². The number of benzene rings is 2. The Kier molecular flexibility index (Phi) is 7.24. The summed E-state index contributed by atoms with van der Waals surface area (Å²) in [6.45, 7) is 6.32. The molecular weight excluding hydrogens is 454 g/mol. The first kappa shape index (κ1) is 24.2. The monoisotopic (exact) mass is 483 g/mol. The van der Waals surface area contributed by atoms with Crippen molar-refractivity contribution in [1.82, 2.24) is 9.80 Å². The van der Waals surface area contributed by atoms with E-state index in [2.05, 4.69) is 16.3 Å². The minimum absolute atomic E-state index is 0.0161. The maximum atomic E-state index is 13.1. The van der Waals surface area contributed by atoms with E-state index in [1.54, 1.807) is 24.0 Å². The molecule has 180 valence electrons. The van der Waals surface area contributed by atoms with Gasteiger partial charge in [-0.15, -0.1) is 0 Å². The van der Waals surface area contributed by atoms with Gasteiger partial charge in [-0.25, -0.2) is 4.79 Å². The van der Waals surface area contributed by atoms with Crippen LogP contribution in [0.25, 0.3) is 0 Å². The van der Waals surface area contributed by atoms with Crippen LogP contribution in [-0.4, -0.2) is 57.9 Å². The molecule has 1 unspecified atom stereocenters. The molecule has 7 nitrogen and oxygen atoms in total. The number of hydrogen-bond donors (Lipinski definition) is 2. The molecule has 0 saturated carbocycles. The van der Waals surface area contributed by atoms with Crippen molar-refractivity contribution in [3.8, 4) is 0 Å². The van der Waals surface area contributed by atoms with Gasteiger partial charge < -0.3 is 15.3 Å². The van der Waals surface area contributed by atoms with Gasteiger partial charge in [0, 0.05) is 42.8 Å². The van der Waals surface area contributed by atoms with E-state index in [1.165, 1.54) is 11.6 Å². The molecular formula is C26H30ClN3O4. The van der Waals surface area contributed by atoms with Gasteiger partial charge in [0.1, 0.15) is 6.04 Å². The molecule has 0 radical (unpaired) electrons. The average Bonchev–Trinajstić information content (AvgIpc) is 3.18. The van der Waals surface area contributed by atoms with Gasteiger partial charge in [-0.2, -0.15) is 0 Å². The second-order valence-electron chi connectivity index (χ2n) is 9.33. The molecule has 2 aliphatic heterocycles. The van der Waals surface area contributed by atoms with E-state index in [0.29, 0.717) is 18.5 Å². The molecule has 2 aromatic rings. The Morgan fingerprint density at radius 2 is 1.82 bits per heavy atom. The number of carboxylic acid groups (broad SMARTS) is 1. The fourth-order valence-electron chi connectivity index (χ4n) is 5.04. The molecule has 8 heteroatoms. The van der Waals surface area contributed by atoms with Crippen molar-refractivity contribution in [2.75, 3.05) is 18.4 Å². The summed E-state index contributed by atoms with van der Waals surface area (Å²) >= 11 is 6.14. The molecule has 2 aromatic carbocycles. The number of halogens is 1. The largest absolute Gasteiger partial charge is 0.478 e. The van der Waals surface area contributed by atoms with Crippen LogP contribution in [0.2, 0.25) is 5.02 Å². The van der Waals surface area contributed by atoms with Crippen LogP contribution in [0.3, 0.4) is 0 Å². The summed E-state index contributed by atoms with van der Waals surface area (Å²) in [5.41, 5.74) is 3.59. The molecule has 34 heavy (non-hydrogen) atoms. The van der Waals surface area contributed by atoms with Gasteiger partial charge in [0.2, 0.25) is 11.8 Å². The molecule has 2 amide bonds. The van der Waals surface area contributed by atoms with Gasteiger partial charge >= 0.3 is 5.97 Å². The van der Waals surface area contributed by atoms with Crippen molar-refractivity contribution in [1.29, 1.82) is 0 Å². The molecule has 0 aliphatic carbocycles. The summed E-state index contributed by atoms with van der Waals surface area (Å²) in [5, 5.41) is 12.9. The Bertz CT molecular complexity index is 1110. The number of hydrogen-bond acceptors (Lipinski definition) is 4. The van der Waals surface area contributed by atoms with Crippen LogP contribution in [0.1, 0.15) is 52.7 Å². The van der Waals surface area contributed by atoms with Gasteiger partial charge in [-0.05, 0) is 74.1 Å². The molecule has 2 N–H and O–H groups in total. The highest BCUT2D eigenvalue weighted by Gasteiger charge is 2.41. The maximum Gasteiger partial charge on any atom is 0.335 e. The number of aromatic carboxylic acids is 1. The quantitative estimate of drug-likeness (QED) is 0.641. The Morgan fingerprint density at radius 3 is 2.50 bits per heavy atom. The summed E-state index contributed by atoms with van der Waals surface area (Å²) in [6, 6.07) is 10.3. The second kappa shape index (κ2) is 10.2. The maximum absolute atomic E-state index is 13.1. The summed E-state index contributed by atoms with van der Waals surface area (Å²) < 4.78 is 0. The smallest absolute Gasteiger partial charge is 0.335 e. The van der Waals surface area contributed by atoms with Crippen LogP contribution in [0.15, 0.2) is 36.4 Å². The Hall–Kier alpha value is -2.90. The minimum atomic E-state index is -1.04. The zero-order valence-electron chi connectivity index (χ0n) is 19.5. The number of carbonyl (C=O) groups is 3. The fourth-order valence-corrected chi connectivity index (χ4v) is 5.16. The van der Waals surface area contributed by atoms with E-state index in [0.717, 1.165) is 48.6 Å². The van der Waals surface area contributed by atoms with Crippen molar-refractivity contribution in [3.63, 3.8) is 0 Å². The number of amides is 2. The lowest BCUT2D eigenvalue weighted by molar-refractivity contribution is -0.136. The summed E-state index contributed by atoms with van der Waals surface area (Å²) in [6.07, 6.45) is 2.47. The van der Waals surface area contributed by atoms with E-state index < -0.39 is 12.0 Å². The van der Waals surface area contributed by atoms with Crippen molar-refractivity contribution in [2.45, 2.75) is 58.2 Å². The molecule has 2 fully saturated rings. The number of aryl methyl sites for hydroxylation is 2. The van der Waals surface area contributed by atoms with Crippen LogP contribution in [0.5, 0.6) is 0 Å². The number of likely N-dealkylation sites (tertiary alicyclic amines) is 2. The molecule has 2 heterocycles. The lowest BCUT2D eigenvalue weighted by Gasteiger charge is -2.39. The van der Waals surface area contributed by atoms with Gasteiger partial charge in [0.15, 0.2) is 0 Å². The highest BCUT2D eigenvalue weighted by molar-refractivity contribution is 6.31. The van der Waals surface area contributed by atoms with E-state index in [4.69, 9.17) is 11.6 Å². The number of piperidine rings is 1. The third-order valence-corrected chi connectivity index (χ3v) is 7.15. The molecule has 4 rings (SSSR count). The van der Waals surface area contributed by atoms with Gasteiger partial charge in [0.25, 0.3) is 0 Å². The van der Waals surface area contributed by atoms with E-state index in [1.807, 2.05) is 19.1 Å². The summed E-state index contributed by atoms with van der Waals surface area (Å²) in [5.74, 6) is -1.29. The lowest BCUT2D eigenvalue weighted by Crippen LogP contribution is -2.51. The molecule has 0 spiro atoms. The zero-order valence-corrected chi connectivity index (χ0v) is 20.3. The lowest BCUT2D eigenvalue weighted by atomic mass is 10.0. The Balaban J connectivity index is 1.39. The zero-order chi connectivity index (χ0) is 24.4. The first-order chi connectivity index (χ1) is 16.2. The Labute approximate surface area is 204 Å². The standard InChI is InChI=1S/C26H30ClN3O4/c1-16-11-19(26(33)34)14-20(12-16)28-25(32)23-5-6-24(31)30(23)21-7-9-29(10-8-21)15-18-3-4-22(27)17(2)13-18/h3-4,11-14,21,23H,5-10,15H2,1-2H3,(H,28,32)(H,33,34). The van der Waals surface area contributed by atoms with Gasteiger partial charge in [-0.1, -0.05) is 23.7 Å². The molecule has 0 bridgehead atoms. The van der Waals surface area contributed by atoms with Gasteiger partial charge in [-0.3, -0.25) is 14.5 Å². The molecule has 1 atom stereocenters. The number of nitrogens with one attached hydrogen (secondary N) is 1. The third kappa shape index (κ3) is 5.42. The normalized spacial score (nSPS) is 19.4. The van der Waals surface area contributed by atoms with Crippen molar-refractivity contribution < 1.29 is 19.5 Å². The van der Waals surface area contributed by atoms with Crippen LogP contribution < -0.4 is 5.32 Å². The molecule has 0 aromatic heterocycles. The Morgan fingerprint density at radius 1 is 1.09 bits per heavy atom. The third-order valence-electron chi connectivity index (χ3n) is 6.73. The SMILES string of the molecule is Cc1cc(NC(=O)C2CCC(=O)N2C2CCN(Cc3ccc(Cl)c(C)c3)CC2)cc(C(=O)O)c1. The van der Waals surface area contributed by atoms with Crippen LogP contribution >= 0.6 is 11.6 Å².